The van der Waals surface area contributed by atoms with Crippen molar-refractivity contribution in [2.45, 2.75) is 51.1 Å². The maximum Gasteiger partial charge on any atom is 0.244 e. The molecule has 0 saturated heterocycles. The van der Waals surface area contributed by atoms with E-state index in [0.717, 1.165) is 24.9 Å². The van der Waals surface area contributed by atoms with Crippen LogP contribution in [0.1, 0.15) is 12.8 Å². The molecular formula is C24H46N4O7Si2. The monoisotopic (exact) mass is 558 g/mol. The fourth-order valence-corrected chi connectivity index (χ4v) is 12.2. The molecule has 13 heteroatoms. The summed E-state index contributed by atoms with van der Waals surface area (Å²) in [4.78, 5) is 46.9. The molecule has 0 aromatic rings. The van der Waals surface area contributed by atoms with Gasteiger partial charge >= 0.3 is 0 Å². The van der Waals surface area contributed by atoms with E-state index in [9.17, 15) is 19.2 Å². The molecule has 0 heterocycles. The standard InChI is InChI=1S/C24H46N4O7Si2/c1-33-17-15-27-23(31)11-9-21(29)25-13-7-19-36(3,4)35-37(5,6)20-8-14-26-22(30)10-12-24(32)28-16-18-34-2/h9-12H,7-8,13-20H2,1-6H3,(H,25,29)(H,26,30)(H,27,31)(H,28,32)/b11-9-,12-10-. The van der Waals surface area contributed by atoms with E-state index in [1.54, 1.807) is 14.2 Å². The Labute approximate surface area is 223 Å². The molecule has 0 atom stereocenters. The summed E-state index contributed by atoms with van der Waals surface area (Å²) in [6, 6.07) is 1.80. The third-order valence-corrected chi connectivity index (χ3v) is 12.6. The minimum atomic E-state index is -1.92. The van der Waals surface area contributed by atoms with Crippen LogP contribution in [0.2, 0.25) is 38.3 Å². The zero-order valence-electron chi connectivity index (χ0n) is 23.2. The van der Waals surface area contributed by atoms with Gasteiger partial charge in [-0.05, 0) is 51.1 Å². The van der Waals surface area contributed by atoms with E-state index in [4.69, 9.17) is 13.6 Å². The number of rotatable bonds is 20. The minimum absolute atomic E-state index is 0.305. The lowest BCUT2D eigenvalue weighted by Gasteiger charge is -2.34. The summed E-state index contributed by atoms with van der Waals surface area (Å²) in [7, 11) is -0.747. The summed E-state index contributed by atoms with van der Waals surface area (Å²) in [6.45, 7) is 11.4. The number of methoxy groups -OCH3 is 2. The Kier molecular flexibility index (Phi) is 18.5. The van der Waals surface area contributed by atoms with Gasteiger partial charge in [-0.15, -0.1) is 0 Å². The molecule has 0 spiro atoms. The molecule has 0 aliphatic carbocycles. The van der Waals surface area contributed by atoms with Crippen molar-refractivity contribution in [3.63, 3.8) is 0 Å². The molecule has 0 rings (SSSR count). The molecule has 4 amide bonds. The van der Waals surface area contributed by atoms with Gasteiger partial charge < -0.3 is 34.9 Å². The van der Waals surface area contributed by atoms with Crippen LogP contribution in [0.5, 0.6) is 0 Å². The fraction of sp³-hybridized carbons (Fsp3) is 0.667. The largest absolute Gasteiger partial charge is 0.455 e. The summed E-state index contributed by atoms with van der Waals surface area (Å²) >= 11 is 0. The van der Waals surface area contributed by atoms with Crippen molar-refractivity contribution in [3.8, 4) is 0 Å². The molecule has 212 valence electrons. The second kappa shape index (κ2) is 19.7. The number of ether oxygens (including phenoxy) is 2. The van der Waals surface area contributed by atoms with Crippen LogP contribution >= 0.6 is 0 Å². The molecule has 0 fully saturated rings. The van der Waals surface area contributed by atoms with Gasteiger partial charge in [0.05, 0.1) is 13.2 Å². The Hall–Kier alpha value is -2.33. The van der Waals surface area contributed by atoms with Gasteiger partial charge in [-0.25, -0.2) is 0 Å². The Morgan fingerprint density at radius 3 is 1.16 bits per heavy atom. The van der Waals surface area contributed by atoms with E-state index in [1.165, 1.54) is 24.3 Å². The van der Waals surface area contributed by atoms with Crippen LogP contribution in [-0.2, 0) is 32.8 Å². The molecule has 0 saturated carbocycles. The maximum atomic E-state index is 11.9. The Morgan fingerprint density at radius 1 is 0.568 bits per heavy atom. The first-order valence-electron chi connectivity index (χ1n) is 12.6. The number of amides is 4. The van der Waals surface area contributed by atoms with Crippen molar-refractivity contribution < 1.29 is 32.8 Å². The van der Waals surface area contributed by atoms with Crippen LogP contribution in [0.15, 0.2) is 24.3 Å². The number of carbonyl (C=O) groups excluding carboxylic acids is 4. The lowest BCUT2D eigenvalue weighted by molar-refractivity contribution is -0.118. The Bertz CT molecular complexity index is 712. The molecule has 0 aromatic carbocycles. The normalized spacial score (nSPS) is 12.1. The van der Waals surface area contributed by atoms with E-state index in [1.807, 2.05) is 0 Å². The zero-order chi connectivity index (χ0) is 28.2. The topological polar surface area (TPSA) is 144 Å². The molecule has 0 radical (unpaired) electrons. The van der Waals surface area contributed by atoms with Crippen molar-refractivity contribution in [1.82, 2.24) is 21.3 Å². The van der Waals surface area contributed by atoms with Crippen LogP contribution in [0.4, 0.5) is 0 Å². The number of nitrogens with one attached hydrogen (secondary N) is 4. The van der Waals surface area contributed by atoms with E-state index < -0.39 is 16.6 Å². The summed E-state index contributed by atoms with van der Waals surface area (Å²) in [6.07, 6.45) is 6.46. The highest BCUT2D eigenvalue weighted by Crippen LogP contribution is 2.23. The van der Waals surface area contributed by atoms with Crippen LogP contribution in [0.25, 0.3) is 0 Å². The van der Waals surface area contributed by atoms with E-state index in [2.05, 4.69) is 47.5 Å². The Morgan fingerprint density at radius 2 is 0.865 bits per heavy atom. The molecule has 0 unspecified atom stereocenters. The predicted octanol–water partition coefficient (Wildman–Crippen LogP) is 1.06. The highest BCUT2D eigenvalue weighted by atomic mass is 28.4. The van der Waals surface area contributed by atoms with Crippen molar-refractivity contribution in [2.24, 2.45) is 0 Å². The van der Waals surface area contributed by atoms with Crippen LogP contribution in [0, 0.1) is 0 Å². The molecule has 37 heavy (non-hydrogen) atoms. The molecule has 11 nitrogen and oxygen atoms in total. The molecule has 0 aliphatic rings. The van der Waals surface area contributed by atoms with Gasteiger partial charge in [-0.2, -0.15) is 0 Å². The maximum absolute atomic E-state index is 11.9. The van der Waals surface area contributed by atoms with Crippen LogP contribution in [0.3, 0.4) is 0 Å². The first-order chi connectivity index (χ1) is 17.4. The second-order valence-corrected chi connectivity index (χ2v) is 18.5. The van der Waals surface area contributed by atoms with Crippen molar-refractivity contribution >= 4 is 40.3 Å². The summed E-state index contributed by atoms with van der Waals surface area (Å²) in [5.41, 5.74) is 0. The van der Waals surface area contributed by atoms with Crippen molar-refractivity contribution in [2.75, 3.05) is 53.6 Å². The Balaban J connectivity index is 4.17. The lowest BCUT2D eigenvalue weighted by Crippen LogP contribution is -2.44. The smallest absolute Gasteiger partial charge is 0.244 e. The van der Waals surface area contributed by atoms with E-state index >= 15 is 0 Å². The zero-order valence-corrected chi connectivity index (χ0v) is 25.2. The molecule has 4 N–H and O–H groups in total. The predicted molar refractivity (Wildman–Crippen MR) is 149 cm³/mol. The molecule has 0 aliphatic heterocycles. The molecule has 0 aromatic heterocycles. The SMILES string of the molecule is COCCNC(=O)/C=C\C(=O)NCCC[Si](C)(C)O[Si](C)(C)CCCNC(=O)/C=C\C(=O)NCCOC. The summed E-state index contributed by atoms with van der Waals surface area (Å²) in [5, 5.41) is 10.8. The van der Waals surface area contributed by atoms with Gasteiger partial charge in [0.2, 0.25) is 23.6 Å². The number of hydrogen-bond donors (Lipinski definition) is 4. The fourth-order valence-electron chi connectivity index (χ4n) is 3.39. The van der Waals surface area contributed by atoms with Gasteiger partial charge in [0.25, 0.3) is 0 Å². The molecular weight excluding hydrogens is 512 g/mol. The average Bonchev–Trinajstić information content (AvgIpc) is 2.81. The van der Waals surface area contributed by atoms with Crippen LogP contribution in [-0.4, -0.2) is 93.9 Å². The van der Waals surface area contributed by atoms with E-state index in [0.29, 0.717) is 39.4 Å². The number of carbonyl (C=O) groups is 4. The summed E-state index contributed by atoms with van der Waals surface area (Å²) < 4.78 is 16.3. The van der Waals surface area contributed by atoms with Crippen LogP contribution < -0.4 is 21.3 Å². The summed E-state index contributed by atoms with van der Waals surface area (Å²) in [5.74, 6) is -1.28. The van der Waals surface area contributed by atoms with Gasteiger partial charge in [0.15, 0.2) is 16.6 Å². The number of hydrogen-bond acceptors (Lipinski definition) is 7. The van der Waals surface area contributed by atoms with Gasteiger partial charge in [0.1, 0.15) is 0 Å². The highest BCUT2D eigenvalue weighted by molar-refractivity contribution is 6.84. The lowest BCUT2D eigenvalue weighted by atomic mass is 10.4. The first-order valence-corrected chi connectivity index (χ1v) is 18.8. The minimum Gasteiger partial charge on any atom is -0.455 e. The molecule has 0 bridgehead atoms. The van der Waals surface area contributed by atoms with E-state index in [-0.39, 0.29) is 23.6 Å². The van der Waals surface area contributed by atoms with Crippen molar-refractivity contribution in [3.05, 3.63) is 24.3 Å². The van der Waals surface area contributed by atoms with Crippen molar-refractivity contribution in [1.29, 1.82) is 0 Å². The average molecular weight is 559 g/mol. The van der Waals surface area contributed by atoms with Gasteiger partial charge in [-0.3, -0.25) is 19.2 Å². The highest BCUT2D eigenvalue weighted by Gasteiger charge is 2.32. The van der Waals surface area contributed by atoms with Gasteiger partial charge in [-0.1, -0.05) is 0 Å². The second-order valence-electron chi connectivity index (χ2n) is 9.64. The first kappa shape index (κ1) is 34.7. The van der Waals surface area contributed by atoms with Gasteiger partial charge in [0, 0.05) is 64.7 Å². The third kappa shape index (κ3) is 21.5. The third-order valence-electron chi connectivity index (χ3n) is 5.05. The quantitative estimate of drug-likeness (QED) is 0.0994.